The van der Waals surface area contributed by atoms with E-state index in [0.717, 1.165) is 37.8 Å². The number of hydrogen-bond donors (Lipinski definition) is 4. The Morgan fingerprint density at radius 3 is 2.06 bits per heavy atom. The lowest BCUT2D eigenvalue weighted by Gasteiger charge is -2.22. The molecule has 334 valence electrons. The van der Waals surface area contributed by atoms with Gasteiger partial charge in [0.15, 0.2) is 25.4 Å². The maximum atomic E-state index is 13.8. The number of anilines is 2. The van der Waals surface area contributed by atoms with Crippen LogP contribution in [0.1, 0.15) is 10.4 Å². The molecule has 0 atom stereocenters. The minimum absolute atomic E-state index is 0.0267. The number of sulfone groups is 2. The predicted octanol–water partition coefficient (Wildman–Crippen LogP) is 6.48. The van der Waals surface area contributed by atoms with Crippen molar-refractivity contribution in [1.82, 2.24) is 0 Å². The van der Waals surface area contributed by atoms with Gasteiger partial charge in [0, 0.05) is 53.2 Å². The highest BCUT2D eigenvalue weighted by molar-refractivity contribution is 7.94. The minimum Gasteiger partial charge on any atom is -0.505 e. The van der Waals surface area contributed by atoms with Crippen molar-refractivity contribution in [2.24, 2.45) is 20.5 Å². The summed E-state index contributed by atoms with van der Waals surface area (Å²) in [5, 5.41) is 31.6. The molecule has 0 unspecified atom stereocenters. The van der Waals surface area contributed by atoms with Crippen LogP contribution in [0.4, 0.5) is 34.1 Å². The molecule has 63 heavy (non-hydrogen) atoms. The molecule has 5 aromatic carbocycles. The van der Waals surface area contributed by atoms with Crippen molar-refractivity contribution in [3.63, 3.8) is 0 Å². The number of azo groups is 2. The van der Waals surface area contributed by atoms with Gasteiger partial charge in [-0.1, -0.05) is 30.8 Å². The summed E-state index contributed by atoms with van der Waals surface area (Å²) in [6, 6.07) is 20.2. The van der Waals surface area contributed by atoms with Crippen LogP contribution in [0.15, 0.2) is 127 Å². The lowest BCUT2D eigenvalue weighted by molar-refractivity contribution is 0.0988. The summed E-state index contributed by atoms with van der Waals surface area (Å²) >= 11 is 0. The second-order valence-corrected chi connectivity index (χ2v) is 19.5. The van der Waals surface area contributed by atoms with E-state index in [0.29, 0.717) is 5.69 Å². The number of nitrogens with zero attached hydrogens (tertiary/aromatic N) is 5. The third kappa shape index (κ3) is 11.6. The highest BCUT2D eigenvalue weighted by Crippen LogP contribution is 2.47. The standard InChI is InChI=1S/C38H38N6O15S4/c1-5-60(47,48)18-16-44(26-12-7-6-8-13-26)38(46)24-10-9-11-25(20-24)40-42-35-28-21-34(62(51,52)53)36(37(45)27(28)14-15-29(35)39-2)43-41-30-22-32(58-4)33(23-31(30)57-3)61(49,50)19-17-59-63(54,55)56/h5-15,20-23,39,45H,1,16-19H2,2-4H3,(H,51,52,53)(H,54,55,56). The first-order valence-electron chi connectivity index (χ1n) is 17.9. The van der Waals surface area contributed by atoms with E-state index in [1.54, 1.807) is 30.3 Å². The molecular weight excluding hydrogens is 909 g/mol. The van der Waals surface area contributed by atoms with Crippen molar-refractivity contribution in [3.8, 4) is 17.2 Å². The number of aromatic hydroxyl groups is 1. The normalized spacial score (nSPS) is 12.5. The van der Waals surface area contributed by atoms with Gasteiger partial charge in [-0.15, -0.1) is 15.3 Å². The Labute approximate surface area is 361 Å². The zero-order valence-electron chi connectivity index (χ0n) is 33.3. The van der Waals surface area contributed by atoms with Crippen LogP contribution >= 0.6 is 0 Å². The minimum atomic E-state index is -5.19. The first kappa shape index (κ1) is 47.7. The first-order valence-corrected chi connectivity index (χ1v) is 24.0. The number of amides is 1. The predicted molar refractivity (Wildman–Crippen MR) is 231 cm³/mol. The number of fused-ring (bicyclic) bond motifs is 1. The Bertz CT molecular complexity index is 3090. The number of nitrogens with one attached hydrogen (secondary N) is 1. The van der Waals surface area contributed by atoms with Crippen LogP contribution in [0.25, 0.3) is 10.8 Å². The van der Waals surface area contributed by atoms with Crippen molar-refractivity contribution in [3.05, 3.63) is 102 Å². The van der Waals surface area contributed by atoms with Crippen LogP contribution in [0.2, 0.25) is 0 Å². The van der Waals surface area contributed by atoms with Crippen molar-refractivity contribution in [1.29, 1.82) is 0 Å². The molecule has 0 spiro atoms. The average molecular weight is 947 g/mol. The highest BCUT2D eigenvalue weighted by Gasteiger charge is 2.27. The molecule has 0 aromatic heterocycles. The molecule has 0 saturated heterocycles. The SMILES string of the molecule is C=CS(=O)(=O)CCN(C(=O)c1cccc(N=Nc2c(NC)ccc3c(O)c(N=Nc4cc(OC)c(S(=O)(=O)CCOS(=O)(=O)O)cc4OC)c(S(=O)(=O)O)cc23)c1)c1ccccc1. The maximum absolute atomic E-state index is 13.8. The number of hydrogen-bond acceptors (Lipinski definition) is 18. The maximum Gasteiger partial charge on any atom is 0.397 e. The van der Waals surface area contributed by atoms with Gasteiger partial charge in [0.2, 0.25) is 0 Å². The zero-order chi connectivity index (χ0) is 46.3. The molecule has 0 saturated carbocycles. The van der Waals surface area contributed by atoms with Gasteiger partial charge in [0.1, 0.15) is 38.4 Å². The van der Waals surface area contributed by atoms with Crippen LogP contribution in [0, 0.1) is 0 Å². The molecule has 0 radical (unpaired) electrons. The molecule has 5 aromatic rings. The van der Waals surface area contributed by atoms with Crippen molar-refractivity contribution in [2.45, 2.75) is 9.79 Å². The molecule has 25 heteroatoms. The van der Waals surface area contributed by atoms with E-state index in [2.05, 4.69) is 36.5 Å². The second-order valence-electron chi connectivity index (χ2n) is 12.9. The monoisotopic (exact) mass is 946 g/mol. The molecule has 1 amide bonds. The fourth-order valence-corrected chi connectivity index (χ4v) is 8.78. The molecule has 5 rings (SSSR count). The smallest absolute Gasteiger partial charge is 0.397 e. The summed E-state index contributed by atoms with van der Waals surface area (Å²) < 4.78 is 132. The van der Waals surface area contributed by atoms with E-state index < -0.39 is 85.4 Å². The largest absolute Gasteiger partial charge is 0.505 e. The molecule has 0 aliphatic carbocycles. The first-order chi connectivity index (χ1) is 29.6. The number of carbonyl (C=O) groups is 1. The Balaban J connectivity index is 1.56. The lowest BCUT2D eigenvalue weighted by Crippen LogP contribution is -2.35. The number of phenols is 1. The van der Waals surface area contributed by atoms with E-state index >= 15 is 0 Å². The van der Waals surface area contributed by atoms with E-state index in [9.17, 15) is 48.1 Å². The van der Waals surface area contributed by atoms with E-state index in [1.807, 2.05) is 0 Å². The highest BCUT2D eigenvalue weighted by atomic mass is 32.3. The van der Waals surface area contributed by atoms with Gasteiger partial charge in [-0.05, 0) is 48.5 Å². The van der Waals surface area contributed by atoms with Crippen LogP contribution < -0.4 is 19.7 Å². The van der Waals surface area contributed by atoms with Crippen molar-refractivity contribution in [2.75, 3.05) is 56.1 Å². The third-order valence-electron chi connectivity index (χ3n) is 8.92. The van der Waals surface area contributed by atoms with Crippen molar-refractivity contribution < 1.29 is 66.3 Å². The lowest BCUT2D eigenvalue weighted by atomic mass is 10.1. The fourth-order valence-electron chi connectivity index (χ4n) is 5.87. The van der Waals surface area contributed by atoms with Gasteiger partial charge in [-0.2, -0.15) is 21.9 Å². The van der Waals surface area contributed by atoms with Gasteiger partial charge in [-0.3, -0.25) is 13.9 Å². The molecule has 0 heterocycles. The number of phenolic OH excluding ortho intramolecular Hbond substituents is 1. The third-order valence-corrected chi connectivity index (χ3v) is 13.2. The number of ether oxygens (including phenoxy) is 2. The van der Waals surface area contributed by atoms with Crippen LogP contribution in [-0.4, -0.2) is 99.7 Å². The molecular formula is C38H38N6O15S4. The van der Waals surface area contributed by atoms with Crippen molar-refractivity contribution >= 4 is 91.0 Å². The number of carbonyl (C=O) groups excluding carboxylic acids is 1. The number of para-hydroxylation sites is 1. The Morgan fingerprint density at radius 1 is 0.762 bits per heavy atom. The Kier molecular flexibility index (Phi) is 14.7. The number of rotatable bonds is 19. The molecule has 4 N–H and O–H groups in total. The summed E-state index contributed by atoms with van der Waals surface area (Å²) in [5.74, 6) is -3.26. The molecule has 0 fully saturated rings. The molecule has 21 nitrogen and oxygen atoms in total. The van der Waals surface area contributed by atoms with Crippen LogP contribution in [0.5, 0.6) is 17.2 Å². The van der Waals surface area contributed by atoms with Gasteiger partial charge in [0.05, 0.1) is 43.7 Å². The fraction of sp³-hybridized carbons (Fsp3) is 0.184. The summed E-state index contributed by atoms with van der Waals surface area (Å²) in [5.41, 5.74) is -0.0487. The van der Waals surface area contributed by atoms with Gasteiger partial charge in [0.25, 0.3) is 16.0 Å². The molecule has 0 aliphatic heterocycles. The average Bonchev–Trinajstić information content (AvgIpc) is 3.24. The summed E-state index contributed by atoms with van der Waals surface area (Å²) in [4.78, 5) is 13.7. The number of methoxy groups -OCH3 is 2. The quantitative estimate of drug-likeness (QED) is 0.0508. The number of benzene rings is 5. The summed E-state index contributed by atoms with van der Waals surface area (Å²) in [6.07, 6.45) is 0. The van der Waals surface area contributed by atoms with E-state index in [4.69, 9.17) is 14.0 Å². The van der Waals surface area contributed by atoms with Gasteiger partial charge in [-0.25, -0.2) is 21.0 Å². The molecule has 0 bridgehead atoms. The second kappa shape index (κ2) is 19.4. The van der Waals surface area contributed by atoms with Crippen LogP contribution in [-0.2, 0) is 44.4 Å². The summed E-state index contributed by atoms with van der Waals surface area (Å²) in [7, 11) is -14.4. The Hall–Kier alpha value is -6.35. The van der Waals surface area contributed by atoms with Crippen LogP contribution in [0.3, 0.4) is 0 Å². The summed E-state index contributed by atoms with van der Waals surface area (Å²) in [6.45, 7) is 2.19. The zero-order valence-corrected chi connectivity index (χ0v) is 36.6. The Morgan fingerprint density at radius 2 is 1.44 bits per heavy atom. The topological polar surface area (TPSA) is 307 Å². The molecule has 0 aliphatic rings. The van der Waals surface area contributed by atoms with E-state index in [-0.39, 0.29) is 57.1 Å². The van der Waals surface area contributed by atoms with E-state index in [1.165, 1.54) is 48.3 Å². The van der Waals surface area contributed by atoms with Gasteiger partial charge < -0.3 is 24.8 Å². The van der Waals surface area contributed by atoms with Gasteiger partial charge >= 0.3 is 10.4 Å².